The number of H-pyrrole nitrogens is 1. The van der Waals surface area contributed by atoms with Crippen LogP contribution in [0.3, 0.4) is 0 Å². The lowest BCUT2D eigenvalue weighted by Gasteiger charge is -2.07. The van der Waals surface area contributed by atoms with E-state index in [2.05, 4.69) is 25.9 Å². The number of aromatic amines is 1. The molecule has 0 aliphatic carbocycles. The number of ether oxygens (including phenoxy) is 1. The van der Waals surface area contributed by atoms with Crippen LogP contribution in [-0.2, 0) is 6.61 Å². The van der Waals surface area contributed by atoms with Gasteiger partial charge in [-0.05, 0) is 30.3 Å². The number of hydrogen-bond acceptors (Lipinski definition) is 3. The Labute approximate surface area is 127 Å². The number of rotatable bonds is 3. The molecule has 3 aromatic rings. The van der Waals surface area contributed by atoms with Gasteiger partial charge in [0, 0.05) is 4.47 Å². The van der Waals surface area contributed by atoms with E-state index in [4.69, 9.17) is 4.74 Å². The van der Waals surface area contributed by atoms with E-state index in [1.54, 1.807) is 30.3 Å². The van der Waals surface area contributed by atoms with Crippen molar-refractivity contribution in [3.05, 3.63) is 68.9 Å². The van der Waals surface area contributed by atoms with Gasteiger partial charge >= 0.3 is 0 Å². The van der Waals surface area contributed by atoms with Gasteiger partial charge in [0.25, 0.3) is 5.56 Å². The number of aromatic nitrogens is 2. The number of nitrogens with one attached hydrogen (secondary N) is 1. The van der Waals surface area contributed by atoms with Crippen LogP contribution in [0.1, 0.15) is 5.82 Å². The second-order valence-corrected chi connectivity index (χ2v) is 5.31. The molecule has 1 N–H and O–H groups in total. The van der Waals surface area contributed by atoms with Crippen molar-refractivity contribution in [2.45, 2.75) is 6.61 Å². The van der Waals surface area contributed by atoms with Gasteiger partial charge in [-0.3, -0.25) is 4.79 Å². The molecule has 21 heavy (non-hydrogen) atoms. The predicted molar refractivity (Wildman–Crippen MR) is 80.8 cm³/mol. The van der Waals surface area contributed by atoms with Gasteiger partial charge in [0.05, 0.1) is 10.9 Å². The summed E-state index contributed by atoms with van der Waals surface area (Å²) in [5.74, 6) is -0.0282. The summed E-state index contributed by atoms with van der Waals surface area (Å²) in [6.07, 6.45) is 0. The van der Waals surface area contributed by atoms with E-state index in [9.17, 15) is 9.18 Å². The van der Waals surface area contributed by atoms with Crippen LogP contribution in [0.15, 0.2) is 51.7 Å². The largest absolute Gasteiger partial charge is 0.483 e. The molecule has 106 valence electrons. The van der Waals surface area contributed by atoms with Crippen LogP contribution in [0, 0.1) is 5.82 Å². The van der Waals surface area contributed by atoms with Gasteiger partial charge in [-0.2, -0.15) is 0 Å². The third-order valence-electron chi connectivity index (χ3n) is 2.92. The molecule has 2 aromatic carbocycles. The third kappa shape index (κ3) is 2.95. The number of benzene rings is 2. The molecule has 0 aliphatic heterocycles. The molecular formula is C15H10BrFN2O2. The zero-order valence-electron chi connectivity index (χ0n) is 10.8. The van der Waals surface area contributed by atoms with Crippen molar-refractivity contribution in [3.63, 3.8) is 0 Å². The van der Waals surface area contributed by atoms with Crippen LogP contribution in [0.5, 0.6) is 5.75 Å². The normalized spacial score (nSPS) is 10.8. The smallest absolute Gasteiger partial charge is 0.258 e. The van der Waals surface area contributed by atoms with Crippen LogP contribution in [0.4, 0.5) is 4.39 Å². The number of nitrogens with zero attached hydrogens (tertiary/aromatic N) is 1. The molecule has 0 saturated carbocycles. The highest BCUT2D eigenvalue weighted by Gasteiger charge is 2.07. The van der Waals surface area contributed by atoms with Crippen molar-refractivity contribution in [2.75, 3.05) is 0 Å². The Hall–Kier alpha value is -2.21. The third-order valence-corrected chi connectivity index (χ3v) is 3.41. The van der Waals surface area contributed by atoms with E-state index in [0.717, 1.165) is 0 Å². The Balaban J connectivity index is 1.88. The monoisotopic (exact) mass is 348 g/mol. The Kier molecular flexibility index (Phi) is 3.70. The van der Waals surface area contributed by atoms with Crippen molar-refractivity contribution in [3.8, 4) is 5.75 Å². The first-order chi connectivity index (χ1) is 10.1. The molecule has 3 rings (SSSR count). The first kappa shape index (κ1) is 13.8. The van der Waals surface area contributed by atoms with Crippen molar-refractivity contribution in [1.29, 1.82) is 0 Å². The van der Waals surface area contributed by atoms with Crippen LogP contribution in [0.25, 0.3) is 10.9 Å². The van der Waals surface area contributed by atoms with E-state index in [-0.39, 0.29) is 17.9 Å². The number of hydrogen-bond donors (Lipinski definition) is 1. The average molecular weight is 349 g/mol. The summed E-state index contributed by atoms with van der Waals surface area (Å²) in [7, 11) is 0. The highest BCUT2D eigenvalue weighted by Crippen LogP contribution is 2.22. The Morgan fingerprint density at radius 2 is 2.05 bits per heavy atom. The van der Waals surface area contributed by atoms with Gasteiger partial charge < -0.3 is 9.72 Å². The fourth-order valence-electron chi connectivity index (χ4n) is 1.94. The number of fused-ring (bicyclic) bond motifs is 1. The minimum atomic E-state index is -0.471. The topological polar surface area (TPSA) is 55.0 Å². The van der Waals surface area contributed by atoms with E-state index < -0.39 is 5.82 Å². The number of halogens is 2. The van der Waals surface area contributed by atoms with Gasteiger partial charge in [0.15, 0.2) is 11.6 Å². The summed E-state index contributed by atoms with van der Waals surface area (Å²) < 4.78 is 19.6. The lowest BCUT2D eigenvalue weighted by atomic mass is 10.2. The fourth-order valence-corrected chi connectivity index (χ4v) is 2.28. The summed E-state index contributed by atoms with van der Waals surface area (Å²) >= 11 is 3.25. The van der Waals surface area contributed by atoms with E-state index in [1.165, 1.54) is 12.1 Å². The van der Waals surface area contributed by atoms with E-state index in [1.807, 2.05) is 0 Å². The van der Waals surface area contributed by atoms with Crippen LogP contribution >= 0.6 is 15.9 Å². The Morgan fingerprint density at radius 1 is 1.24 bits per heavy atom. The number of para-hydroxylation sites is 1. The molecule has 4 nitrogen and oxygen atoms in total. The maximum atomic E-state index is 13.6. The fraction of sp³-hybridized carbons (Fsp3) is 0.0667. The summed E-state index contributed by atoms with van der Waals surface area (Å²) in [5, 5.41) is 0.509. The maximum Gasteiger partial charge on any atom is 0.258 e. The summed E-state index contributed by atoms with van der Waals surface area (Å²) in [5.41, 5.74) is 0.337. The highest BCUT2D eigenvalue weighted by atomic mass is 79.9. The summed E-state index contributed by atoms with van der Waals surface area (Å²) in [6.45, 7) is -0.0204. The molecule has 0 bridgehead atoms. The lowest BCUT2D eigenvalue weighted by Crippen LogP contribution is -2.13. The zero-order chi connectivity index (χ0) is 14.8. The SMILES string of the molecule is O=c1[nH]c(COc2cc(Br)ccc2F)nc2ccccc12. The Morgan fingerprint density at radius 3 is 2.90 bits per heavy atom. The van der Waals surface area contributed by atoms with Crippen molar-refractivity contribution >= 4 is 26.8 Å². The summed E-state index contributed by atoms with van der Waals surface area (Å²) in [4.78, 5) is 18.8. The minimum absolute atomic E-state index is 0.0204. The van der Waals surface area contributed by atoms with Crippen molar-refractivity contribution in [1.82, 2.24) is 9.97 Å². The molecule has 0 radical (unpaired) electrons. The van der Waals surface area contributed by atoms with Gasteiger partial charge in [-0.15, -0.1) is 0 Å². The second kappa shape index (κ2) is 5.65. The standard InChI is InChI=1S/C15H10BrFN2O2/c16-9-5-6-11(17)13(7-9)21-8-14-18-12-4-2-1-3-10(12)15(20)19-14/h1-7H,8H2,(H,18,19,20). The molecule has 1 heterocycles. The van der Waals surface area contributed by atoms with E-state index >= 15 is 0 Å². The molecule has 0 spiro atoms. The van der Waals surface area contributed by atoms with Crippen molar-refractivity contribution in [2.24, 2.45) is 0 Å². The highest BCUT2D eigenvalue weighted by molar-refractivity contribution is 9.10. The predicted octanol–water partition coefficient (Wildman–Crippen LogP) is 3.40. The van der Waals surface area contributed by atoms with Crippen LogP contribution in [0.2, 0.25) is 0 Å². The quantitative estimate of drug-likeness (QED) is 0.789. The van der Waals surface area contributed by atoms with Crippen LogP contribution < -0.4 is 10.3 Å². The molecule has 0 unspecified atom stereocenters. The molecule has 0 amide bonds. The first-order valence-electron chi connectivity index (χ1n) is 6.19. The zero-order valence-corrected chi connectivity index (χ0v) is 12.4. The minimum Gasteiger partial charge on any atom is -0.483 e. The molecule has 0 atom stereocenters. The Bertz CT molecular complexity index is 864. The van der Waals surface area contributed by atoms with Crippen molar-refractivity contribution < 1.29 is 9.13 Å². The molecule has 1 aromatic heterocycles. The molecule has 0 saturated heterocycles. The lowest BCUT2D eigenvalue weighted by molar-refractivity contribution is 0.281. The van der Waals surface area contributed by atoms with Gasteiger partial charge in [0.2, 0.25) is 0 Å². The first-order valence-corrected chi connectivity index (χ1v) is 6.98. The molecular weight excluding hydrogens is 339 g/mol. The average Bonchev–Trinajstić information content (AvgIpc) is 2.48. The van der Waals surface area contributed by atoms with Gasteiger partial charge in [0.1, 0.15) is 12.4 Å². The summed E-state index contributed by atoms with van der Waals surface area (Å²) in [6, 6.07) is 11.4. The molecule has 6 heteroatoms. The molecule has 0 aliphatic rings. The van der Waals surface area contributed by atoms with Gasteiger partial charge in [-0.25, -0.2) is 9.37 Å². The second-order valence-electron chi connectivity index (χ2n) is 4.39. The van der Waals surface area contributed by atoms with Crippen LogP contribution in [-0.4, -0.2) is 9.97 Å². The van der Waals surface area contributed by atoms with Gasteiger partial charge in [-0.1, -0.05) is 28.1 Å². The molecule has 0 fully saturated rings. The van der Waals surface area contributed by atoms with E-state index in [0.29, 0.717) is 21.2 Å². The maximum absolute atomic E-state index is 13.6.